The van der Waals surface area contributed by atoms with Crippen LogP contribution in [0.4, 0.5) is 0 Å². The second-order valence-corrected chi connectivity index (χ2v) is 14.3. The van der Waals surface area contributed by atoms with Crippen molar-refractivity contribution in [3.05, 3.63) is 11.6 Å². The fourth-order valence-corrected chi connectivity index (χ4v) is 11.2. The van der Waals surface area contributed by atoms with Gasteiger partial charge in [0.05, 0.1) is 12.7 Å². The molecule has 0 aliphatic heterocycles. The van der Waals surface area contributed by atoms with Gasteiger partial charge in [0.15, 0.2) is 0 Å². The Bertz CT molecular complexity index is 784. The van der Waals surface area contributed by atoms with Crippen molar-refractivity contribution in [1.29, 1.82) is 0 Å². The molecule has 5 saturated carbocycles. The average Bonchev–Trinajstić information content (AvgIpc) is 3.33. The summed E-state index contributed by atoms with van der Waals surface area (Å²) >= 11 is 0. The van der Waals surface area contributed by atoms with Crippen LogP contribution in [0.25, 0.3) is 0 Å². The van der Waals surface area contributed by atoms with Gasteiger partial charge in [0.25, 0.3) is 0 Å². The van der Waals surface area contributed by atoms with Crippen LogP contribution in [-0.2, 0) is 0 Å². The number of rotatable bonds is 5. The number of aliphatic hydroxyl groups excluding tert-OH is 2. The number of hydrogen-bond acceptors (Lipinski definition) is 2. The fraction of sp³-hybridized carbons (Fsp3) is 0.933. The highest BCUT2D eigenvalue weighted by atomic mass is 16.3. The first-order valence-corrected chi connectivity index (χ1v) is 13.9. The summed E-state index contributed by atoms with van der Waals surface area (Å²) in [5.41, 5.74) is 3.35. The third-order valence-electron chi connectivity index (χ3n) is 13.2. The molecule has 32 heavy (non-hydrogen) atoms. The van der Waals surface area contributed by atoms with Gasteiger partial charge in [0, 0.05) is 0 Å². The van der Waals surface area contributed by atoms with Gasteiger partial charge in [-0.25, -0.2) is 0 Å². The van der Waals surface area contributed by atoms with Crippen LogP contribution in [0.2, 0.25) is 0 Å². The van der Waals surface area contributed by atoms with Crippen molar-refractivity contribution in [2.45, 2.75) is 118 Å². The van der Waals surface area contributed by atoms with Gasteiger partial charge >= 0.3 is 0 Å². The third kappa shape index (κ3) is 2.78. The minimum Gasteiger partial charge on any atom is -0.393 e. The van der Waals surface area contributed by atoms with Gasteiger partial charge in [-0.3, -0.25) is 0 Å². The molecule has 5 fully saturated rings. The smallest absolute Gasteiger partial charge is 0.0639 e. The second-order valence-electron chi connectivity index (χ2n) is 14.3. The van der Waals surface area contributed by atoms with Crippen molar-refractivity contribution in [3.8, 4) is 0 Å². The van der Waals surface area contributed by atoms with Gasteiger partial charge < -0.3 is 10.2 Å². The molecule has 0 aromatic carbocycles. The first-order chi connectivity index (χ1) is 15.0. The zero-order valence-corrected chi connectivity index (χ0v) is 21.8. The summed E-state index contributed by atoms with van der Waals surface area (Å²) in [4.78, 5) is 0. The van der Waals surface area contributed by atoms with Gasteiger partial charge in [-0.05, 0) is 128 Å². The summed E-state index contributed by atoms with van der Waals surface area (Å²) in [5.74, 6) is 3.27. The molecule has 0 aromatic rings. The van der Waals surface area contributed by atoms with Crippen LogP contribution in [0.15, 0.2) is 11.6 Å². The SMILES string of the molecule is C/C(=C\CCC(C)C1CCC2(C)C3CCC4C(C)(C)C(O)CCC45CC35CCC12C)CO. The van der Waals surface area contributed by atoms with Gasteiger partial charge in [-0.2, -0.15) is 0 Å². The van der Waals surface area contributed by atoms with Crippen LogP contribution in [0.1, 0.15) is 112 Å². The Morgan fingerprint density at radius 2 is 1.59 bits per heavy atom. The molecule has 5 aliphatic carbocycles. The predicted octanol–water partition coefficient (Wildman–Crippen LogP) is 7.14. The molecule has 5 rings (SSSR count). The van der Waals surface area contributed by atoms with Crippen molar-refractivity contribution in [2.24, 2.45) is 50.7 Å². The summed E-state index contributed by atoms with van der Waals surface area (Å²) in [5, 5.41) is 20.2. The zero-order chi connectivity index (χ0) is 23.2. The predicted molar refractivity (Wildman–Crippen MR) is 132 cm³/mol. The van der Waals surface area contributed by atoms with E-state index < -0.39 is 0 Å². The Morgan fingerprint density at radius 1 is 0.906 bits per heavy atom. The molecule has 0 amide bonds. The second kappa shape index (κ2) is 7.33. The van der Waals surface area contributed by atoms with E-state index in [0.717, 1.165) is 42.1 Å². The van der Waals surface area contributed by atoms with Gasteiger partial charge in [-0.15, -0.1) is 0 Å². The number of allylic oxidation sites excluding steroid dienone is 1. The van der Waals surface area contributed by atoms with Crippen molar-refractivity contribution in [1.82, 2.24) is 0 Å². The minimum atomic E-state index is -0.100. The highest BCUT2D eigenvalue weighted by Crippen LogP contribution is 2.89. The molecule has 0 radical (unpaired) electrons. The number of fused-ring (bicyclic) bond motifs is 2. The molecule has 9 atom stereocenters. The molecule has 0 bridgehead atoms. The Hall–Kier alpha value is -0.340. The summed E-state index contributed by atoms with van der Waals surface area (Å²) in [7, 11) is 0. The third-order valence-corrected chi connectivity index (χ3v) is 13.2. The Balaban J connectivity index is 1.38. The van der Waals surface area contributed by atoms with Crippen molar-refractivity contribution >= 4 is 0 Å². The normalized spacial score (nSPS) is 52.4. The fourth-order valence-electron chi connectivity index (χ4n) is 11.2. The van der Waals surface area contributed by atoms with Gasteiger partial charge in [0.1, 0.15) is 0 Å². The molecular weight excluding hydrogens is 392 g/mol. The summed E-state index contributed by atoms with van der Waals surface area (Å²) < 4.78 is 0. The summed E-state index contributed by atoms with van der Waals surface area (Å²) in [6.07, 6.45) is 16.9. The van der Waals surface area contributed by atoms with Crippen LogP contribution < -0.4 is 0 Å². The maximum Gasteiger partial charge on any atom is 0.0639 e. The van der Waals surface area contributed by atoms with E-state index in [1.165, 1.54) is 57.8 Å². The van der Waals surface area contributed by atoms with E-state index in [0.29, 0.717) is 21.7 Å². The van der Waals surface area contributed by atoms with E-state index in [9.17, 15) is 10.2 Å². The molecule has 2 heteroatoms. The lowest BCUT2D eigenvalue weighted by atomic mass is 9.41. The van der Waals surface area contributed by atoms with Crippen LogP contribution in [0, 0.1) is 50.7 Å². The standard InChI is InChI=1S/C30H50O2/c1-20(18-31)8-7-9-21(2)22-12-14-28(6)24-11-10-23-26(3,4)25(32)13-15-29(23)19-30(24,29)17-16-27(22,28)5/h8,21-25,31-32H,7,9-19H2,1-6H3/b20-8+. The molecule has 182 valence electrons. The molecule has 2 spiro atoms. The van der Waals surface area contributed by atoms with E-state index in [2.05, 4.69) is 40.7 Å². The molecule has 0 saturated heterocycles. The molecule has 2 nitrogen and oxygen atoms in total. The molecule has 5 aliphatic rings. The quantitative estimate of drug-likeness (QED) is 0.444. The largest absolute Gasteiger partial charge is 0.393 e. The van der Waals surface area contributed by atoms with Crippen LogP contribution in [0.3, 0.4) is 0 Å². The topological polar surface area (TPSA) is 40.5 Å². The molecular formula is C30H50O2. The van der Waals surface area contributed by atoms with E-state index >= 15 is 0 Å². The lowest BCUT2D eigenvalue weighted by Gasteiger charge is -2.63. The first-order valence-electron chi connectivity index (χ1n) is 13.9. The first kappa shape index (κ1) is 23.4. The van der Waals surface area contributed by atoms with E-state index in [-0.39, 0.29) is 18.1 Å². The average molecular weight is 443 g/mol. The molecule has 2 N–H and O–H groups in total. The number of aliphatic hydroxyl groups is 2. The molecule has 0 aromatic heterocycles. The lowest BCUT2D eigenvalue weighted by molar-refractivity contribution is -0.161. The van der Waals surface area contributed by atoms with E-state index in [4.69, 9.17) is 0 Å². The van der Waals surface area contributed by atoms with Gasteiger partial charge in [0.2, 0.25) is 0 Å². The van der Waals surface area contributed by atoms with Gasteiger partial charge in [-0.1, -0.05) is 46.3 Å². The maximum atomic E-state index is 10.8. The Morgan fingerprint density at radius 3 is 2.31 bits per heavy atom. The highest BCUT2D eigenvalue weighted by Gasteiger charge is 2.82. The Kier molecular flexibility index (Phi) is 5.36. The minimum absolute atomic E-state index is 0.0985. The lowest BCUT2D eigenvalue weighted by Crippen LogP contribution is -2.57. The van der Waals surface area contributed by atoms with E-state index in [1.807, 2.05) is 6.92 Å². The summed E-state index contributed by atoms with van der Waals surface area (Å²) in [6.45, 7) is 14.9. The van der Waals surface area contributed by atoms with Crippen molar-refractivity contribution < 1.29 is 10.2 Å². The van der Waals surface area contributed by atoms with Crippen LogP contribution in [0.5, 0.6) is 0 Å². The highest BCUT2D eigenvalue weighted by molar-refractivity contribution is 5.30. The monoisotopic (exact) mass is 442 g/mol. The van der Waals surface area contributed by atoms with Crippen molar-refractivity contribution in [2.75, 3.05) is 6.61 Å². The van der Waals surface area contributed by atoms with Crippen LogP contribution >= 0.6 is 0 Å². The van der Waals surface area contributed by atoms with Crippen LogP contribution in [-0.4, -0.2) is 22.9 Å². The van der Waals surface area contributed by atoms with Crippen molar-refractivity contribution in [3.63, 3.8) is 0 Å². The Labute approximate surface area is 197 Å². The van der Waals surface area contributed by atoms with E-state index in [1.54, 1.807) is 0 Å². The zero-order valence-electron chi connectivity index (χ0n) is 21.8. The summed E-state index contributed by atoms with van der Waals surface area (Å²) in [6, 6.07) is 0. The number of hydrogen-bond donors (Lipinski definition) is 2. The molecule has 9 unspecified atom stereocenters. The maximum absolute atomic E-state index is 10.8. The molecule has 0 heterocycles.